The summed E-state index contributed by atoms with van der Waals surface area (Å²) in [5.74, 6) is -0.148. The van der Waals surface area contributed by atoms with Crippen molar-refractivity contribution in [2.45, 2.75) is 20.3 Å². The number of carbonyl (C=O) groups excluding carboxylic acids is 2. The second-order valence-corrected chi connectivity index (χ2v) is 6.97. The molecule has 1 saturated heterocycles. The van der Waals surface area contributed by atoms with Gasteiger partial charge in [0.05, 0.1) is 18.7 Å². The highest BCUT2D eigenvalue weighted by Crippen LogP contribution is 2.35. The number of ether oxygens (including phenoxy) is 1. The van der Waals surface area contributed by atoms with Gasteiger partial charge in [0, 0.05) is 23.7 Å². The highest BCUT2D eigenvalue weighted by atomic mass is 35.5. The third-order valence-electron chi connectivity index (χ3n) is 4.57. The third-order valence-corrected chi connectivity index (χ3v) is 4.80. The number of anilines is 2. The lowest BCUT2D eigenvalue weighted by atomic mass is 10.1. The fourth-order valence-corrected chi connectivity index (χ4v) is 3.35. The van der Waals surface area contributed by atoms with Gasteiger partial charge in [-0.15, -0.1) is 0 Å². The first-order chi connectivity index (χ1) is 12.4. The zero-order valence-corrected chi connectivity index (χ0v) is 15.8. The second-order valence-electron chi connectivity index (χ2n) is 6.53. The molecule has 2 amide bonds. The van der Waals surface area contributed by atoms with Crippen molar-refractivity contribution in [1.82, 2.24) is 0 Å². The maximum atomic E-state index is 12.6. The van der Waals surface area contributed by atoms with E-state index in [-0.39, 0.29) is 18.2 Å². The quantitative estimate of drug-likeness (QED) is 0.883. The largest absolute Gasteiger partial charge is 0.495 e. The van der Waals surface area contributed by atoms with Crippen LogP contribution in [-0.2, 0) is 9.59 Å². The molecule has 1 N–H and O–H groups in total. The molecule has 3 rings (SSSR count). The summed E-state index contributed by atoms with van der Waals surface area (Å²) in [6.07, 6.45) is 0.159. The minimum absolute atomic E-state index is 0.119. The van der Waals surface area contributed by atoms with Crippen molar-refractivity contribution in [2.75, 3.05) is 23.9 Å². The second kappa shape index (κ2) is 7.38. The van der Waals surface area contributed by atoms with E-state index in [4.69, 9.17) is 16.3 Å². The van der Waals surface area contributed by atoms with Gasteiger partial charge in [0.15, 0.2) is 0 Å². The van der Waals surface area contributed by atoms with Gasteiger partial charge in [-0.25, -0.2) is 0 Å². The molecule has 0 spiro atoms. The lowest BCUT2D eigenvalue weighted by Gasteiger charge is -2.20. The third kappa shape index (κ3) is 3.68. The topological polar surface area (TPSA) is 58.6 Å². The molecular formula is C20H21ClN2O3. The van der Waals surface area contributed by atoms with Crippen molar-refractivity contribution in [1.29, 1.82) is 0 Å². The van der Waals surface area contributed by atoms with Crippen LogP contribution in [-0.4, -0.2) is 25.5 Å². The molecule has 136 valence electrons. The number of nitrogens with zero attached hydrogens (tertiary/aromatic N) is 1. The van der Waals surface area contributed by atoms with Crippen molar-refractivity contribution in [3.05, 3.63) is 52.5 Å². The van der Waals surface area contributed by atoms with Gasteiger partial charge in [-0.1, -0.05) is 29.3 Å². The minimum atomic E-state index is -0.424. The van der Waals surface area contributed by atoms with E-state index in [1.165, 1.54) is 7.11 Å². The van der Waals surface area contributed by atoms with E-state index in [1.54, 1.807) is 23.1 Å². The summed E-state index contributed by atoms with van der Waals surface area (Å²) in [4.78, 5) is 26.7. The number of aryl methyl sites for hydroxylation is 2. The Hall–Kier alpha value is -2.53. The Balaban J connectivity index is 1.77. The summed E-state index contributed by atoms with van der Waals surface area (Å²) in [6, 6.07) is 11.0. The molecule has 2 aromatic carbocycles. The minimum Gasteiger partial charge on any atom is -0.495 e. The van der Waals surface area contributed by atoms with Crippen LogP contribution in [0.25, 0.3) is 0 Å². The molecule has 1 fully saturated rings. The van der Waals surface area contributed by atoms with E-state index < -0.39 is 5.92 Å². The van der Waals surface area contributed by atoms with Gasteiger partial charge in [0.25, 0.3) is 0 Å². The molecular weight excluding hydrogens is 352 g/mol. The number of hydrogen-bond acceptors (Lipinski definition) is 3. The molecule has 26 heavy (non-hydrogen) atoms. The van der Waals surface area contributed by atoms with E-state index in [0.29, 0.717) is 23.0 Å². The predicted molar refractivity (Wildman–Crippen MR) is 103 cm³/mol. The maximum absolute atomic E-state index is 12.6. The Morgan fingerprint density at radius 3 is 2.69 bits per heavy atom. The summed E-state index contributed by atoms with van der Waals surface area (Å²) in [5.41, 5.74) is 3.49. The number of methoxy groups -OCH3 is 1. The van der Waals surface area contributed by atoms with E-state index in [2.05, 4.69) is 5.32 Å². The molecule has 1 heterocycles. The summed E-state index contributed by atoms with van der Waals surface area (Å²) in [5, 5.41) is 3.45. The zero-order valence-electron chi connectivity index (χ0n) is 15.0. The van der Waals surface area contributed by atoms with Gasteiger partial charge < -0.3 is 15.0 Å². The lowest BCUT2D eigenvalue weighted by molar-refractivity contribution is -0.122. The zero-order chi connectivity index (χ0) is 18.8. The van der Waals surface area contributed by atoms with Gasteiger partial charge in [0.1, 0.15) is 5.75 Å². The summed E-state index contributed by atoms with van der Waals surface area (Å²) in [7, 11) is 1.54. The monoisotopic (exact) mass is 372 g/mol. The standard InChI is InChI=1S/C20H21ClN2O3/c1-12-4-6-16(13(2)8-12)22-20(25)14-9-19(24)23(11-14)17-10-15(21)5-7-18(17)26-3/h4-8,10,14H,9,11H2,1-3H3,(H,22,25). The number of halogens is 1. The van der Waals surface area contributed by atoms with Crippen LogP contribution in [0.4, 0.5) is 11.4 Å². The summed E-state index contributed by atoms with van der Waals surface area (Å²) >= 11 is 6.06. The number of benzene rings is 2. The molecule has 5 nitrogen and oxygen atoms in total. The predicted octanol–water partition coefficient (Wildman–Crippen LogP) is 3.96. The van der Waals surface area contributed by atoms with Crippen LogP contribution in [0.5, 0.6) is 5.75 Å². The number of amides is 2. The first-order valence-corrected chi connectivity index (χ1v) is 8.79. The van der Waals surface area contributed by atoms with Crippen molar-refractivity contribution in [3.8, 4) is 5.75 Å². The molecule has 0 bridgehead atoms. The van der Waals surface area contributed by atoms with Crippen molar-refractivity contribution >= 4 is 34.8 Å². The molecule has 1 unspecified atom stereocenters. The number of hydrogen-bond donors (Lipinski definition) is 1. The number of nitrogens with one attached hydrogen (secondary N) is 1. The van der Waals surface area contributed by atoms with Crippen LogP contribution < -0.4 is 15.0 Å². The Morgan fingerprint density at radius 2 is 2.00 bits per heavy atom. The molecule has 2 aromatic rings. The fourth-order valence-electron chi connectivity index (χ4n) is 3.18. The Bertz CT molecular complexity index is 866. The SMILES string of the molecule is COc1ccc(Cl)cc1N1CC(C(=O)Nc2ccc(C)cc2C)CC1=O. The maximum Gasteiger partial charge on any atom is 0.229 e. The molecule has 6 heteroatoms. The van der Waals surface area contributed by atoms with E-state index in [1.807, 2.05) is 32.0 Å². The fraction of sp³-hybridized carbons (Fsp3) is 0.300. The summed E-state index contributed by atoms with van der Waals surface area (Å²) in [6.45, 7) is 4.25. The first-order valence-electron chi connectivity index (χ1n) is 8.41. The summed E-state index contributed by atoms with van der Waals surface area (Å²) < 4.78 is 5.33. The van der Waals surface area contributed by atoms with Crippen LogP contribution in [0.3, 0.4) is 0 Å². The van der Waals surface area contributed by atoms with Crippen molar-refractivity contribution < 1.29 is 14.3 Å². The lowest BCUT2D eigenvalue weighted by Crippen LogP contribution is -2.28. The van der Waals surface area contributed by atoms with Crippen LogP contribution in [0.2, 0.25) is 5.02 Å². The number of carbonyl (C=O) groups is 2. The van der Waals surface area contributed by atoms with Crippen molar-refractivity contribution in [3.63, 3.8) is 0 Å². The van der Waals surface area contributed by atoms with Crippen LogP contribution >= 0.6 is 11.6 Å². The first kappa shape index (κ1) is 18.3. The molecule has 0 aliphatic carbocycles. The molecule has 0 radical (unpaired) electrons. The van der Waals surface area contributed by atoms with Gasteiger partial charge in [-0.3, -0.25) is 9.59 Å². The molecule has 1 aliphatic heterocycles. The van der Waals surface area contributed by atoms with Crippen molar-refractivity contribution in [2.24, 2.45) is 5.92 Å². The Labute approximate surface area is 157 Å². The average Bonchev–Trinajstić information content (AvgIpc) is 2.99. The van der Waals surface area contributed by atoms with Gasteiger partial charge in [0.2, 0.25) is 11.8 Å². The van der Waals surface area contributed by atoms with Crippen LogP contribution in [0, 0.1) is 19.8 Å². The van der Waals surface area contributed by atoms with Gasteiger partial charge in [-0.05, 0) is 43.7 Å². The highest BCUT2D eigenvalue weighted by Gasteiger charge is 2.36. The van der Waals surface area contributed by atoms with Crippen LogP contribution in [0.1, 0.15) is 17.5 Å². The van der Waals surface area contributed by atoms with E-state index >= 15 is 0 Å². The van der Waals surface area contributed by atoms with Crippen LogP contribution in [0.15, 0.2) is 36.4 Å². The van der Waals surface area contributed by atoms with E-state index in [9.17, 15) is 9.59 Å². The van der Waals surface area contributed by atoms with Gasteiger partial charge >= 0.3 is 0 Å². The highest BCUT2D eigenvalue weighted by molar-refractivity contribution is 6.31. The molecule has 0 aromatic heterocycles. The van der Waals surface area contributed by atoms with E-state index in [0.717, 1.165) is 16.8 Å². The normalized spacial score (nSPS) is 16.7. The molecule has 0 saturated carbocycles. The smallest absolute Gasteiger partial charge is 0.229 e. The average molecular weight is 373 g/mol. The Morgan fingerprint density at radius 1 is 1.23 bits per heavy atom. The Kier molecular flexibility index (Phi) is 5.18. The number of rotatable bonds is 4. The molecule has 1 atom stereocenters. The van der Waals surface area contributed by atoms with Gasteiger partial charge in [-0.2, -0.15) is 0 Å². The molecule has 1 aliphatic rings.